The Morgan fingerprint density at radius 2 is 1.77 bits per heavy atom. The highest BCUT2D eigenvalue weighted by atomic mass is 35.5. The monoisotopic (exact) mass is 364 g/mol. The molecule has 0 fully saturated rings. The van der Waals surface area contributed by atoms with Gasteiger partial charge in [0.25, 0.3) is 5.91 Å². The predicted octanol–water partition coefficient (Wildman–Crippen LogP) is 3.95. The van der Waals surface area contributed by atoms with Crippen LogP contribution < -0.4 is 10.2 Å². The molecule has 1 aliphatic rings. The molecule has 0 spiro atoms. The van der Waals surface area contributed by atoms with Gasteiger partial charge in [-0.2, -0.15) is 0 Å². The van der Waals surface area contributed by atoms with Gasteiger partial charge in [0.05, 0.1) is 23.1 Å². The zero-order chi connectivity index (χ0) is 17.9. The van der Waals surface area contributed by atoms with Crippen LogP contribution in [0.1, 0.15) is 21.6 Å². The highest BCUT2D eigenvalue weighted by molar-refractivity contribution is 6.33. The van der Waals surface area contributed by atoms with Crippen LogP contribution in [0.4, 0.5) is 11.5 Å². The fourth-order valence-electron chi connectivity index (χ4n) is 3.04. The van der Waals surface area contributed by atoms with Gasteiger partial charge >= 0.3 is 0 Å². The average molecular weight is 365 g/mol. The maximum absolute atomic E-state index is 12.3. The van der Waals surface area contributed by atoms with E-state index in [2.05, 4.69) is 44.5 Å². The van der Waals surface area contributed by atoms with E-state index in [9.17, 15) is 4.79 Å². The topological polar surface area (TPSA) is 58.1 Å². The number of rotatable bonds is 3. The summed E-state index contributed by atoms with van der Waals surface area (Å²) in [6.07, 6.45) is 4.13. The maximum Gasteiger partial charge on any atom is 0.275 e. The van der Waals surface area contributed by atoms with E-state index in [0.717, 1.165) is 25.3 Å². The number of amides is 1. The fourth-order valence-corrected chi connectivity index (χ4v) is 3.22. The van der Waals surface area contributed by atoms with E-state index in [1.807, 2.05) is 12.1 Å². The Labute approximate surface area is 156 Å². The number of nitrogens with zero attached hydrogens (tertiary/aromatic N) is 3. The van der Waals surface area contributed by atoms with Crippen molar-refractivity contribution >= 4 is 29.0 Å². The standard InChI is InChI=1S/C20H17ClN4O/c21-16-7-3-4-8-17(16)24-20(26)18-11-23-19(12-22-18)25-10-9-14-5-1-2-6-15(14)13-25/h1-8,11-12H,9-10,13H2,(H,24,26). The van der Waals surface area contributed by atoms with Crippen LogP contribution >= 0.6 is 11.6 Å². The Kier molecular flexibility index (Phi) is 4.54. The summed E-state index contributed by atoms with van der Waals surface area (Å²) in [4.78, 5) is 23.2. The van der Waals surface area contributed by atoms with Gasteiger partial charge in [0.2, 0.25) is 0 Å². The number of fused-ring (bicyclic) bond motifs is 1. The van der Waals surface area contributed by atoms with E-state index in [0.29, 0.717) is 10.7 Å². The molecule has 0 unspecified atom stereocenters. The van der Waals surface area contributed by atoms with Crippen molar-refractivity contribution in [3.8, 4) is 0 Å². The third kappa shape index (κ3) is 3.39. The van der Waals surface area contributed by atoms with Crippen LogP contribution in [0, 0.1) is 0 Å². The van der Waals surface area contributed by atoms with Crippen LogP contribution in [0.5, 0.6) is 0 Å². The van der Waals surface area contributed by atoms with Crippen molar-refractivity contribution in [1.29, 1.82) is 0 Å². The minimum atomic E-state index is -0.332. The quantitative estimate of drug-likeness (QED) is 0.764. The summed E-state index contributed by atoms with van der Waals surface area (Å²) in [5, 5.41) is 3.24. The van der Waals surface area contributed by atoms with Crippen LogP contribution in [-0.4, -0.2) is 22.4 Å². The number of anilines is 2. The molecule has 0 atom stereocenters. The predicted molar refractivity (Wildman–Crippen MR) is 103 cm³/mol. The molecule has 5 nitrogen and oxygen atoms in total. The van der Waals surface area contributed by atoms with Crippen molar-refractivity contribution < 1.29 is 4.79 Å². The zero-order valence-electron chi connectivity index (χ0n) is 14.0. The Bertz CT molecular complexity index is 943. The van der Waals surface area contributed by atoms with Gasteiger partial charge in [-0.1, -0.05) is 48.0 Å². The number of nitrogens with one attached hydrogen (secondary N) is 1. The number of halogens is 1. The van der Waals surface area contributed by atoms with Gasteiger partial charge < -0.3 is 10.2 Å². The van der Waals surface area contributed by atoms with Crippen LogP contribution in [0.3, 0.4) is 0 Å². The van der Waals surface area contributed by atoms with Crippen LogP contribution in [0.25, 0.3) is 0 Å². The molecule has 0 bridgehead atoms. The molecule has 0 aliphatic carbocycles. The van der Waals surface area contributed by atoms with E-state index >= 15 is 0 Å². The van der Waals surface area contributed by atoms with Crippen LogP contribution in [0.15, 0.2) is 60.9 Å². The fraction of sp³-hybridized carbons (Fsp3) is 0.150. The van der Waals surface area contributed by atoms with E-state index in [-0.39, 0.29) is 11.6 Å². The number of carbonyl (C=O) groups is 1. The molecular weight excluding hydrogens is 348 g/mol. The second kappa shape index (κ2) is 7.14. The first-order valence-electron chi connectivity index (χ1n) is 8.40. The molecule has 0 saturated heterocycles. The second-order valence-electron chi connectivity index (χ2n) is 6.13. The Morgan fingerprint density at radius 3 is 2.54 bits per heavy atom. The molecule has 0 saturated carbocycles. The van der Waals surface area contributed by atoms with Gasteiger partial charge in [-0.3, -0.25) is 4.79 Å². The van der Waals surface area contributed by atoms with Crippen LogP contribution in [0.2, 0.25) is 5.02 Å². The third-order valence-corrected chi connectivity index (χ3v) is 4.78. The largest absolute Gasteiger partial charge is 0.351 e. The lowest BCUT2D eigenvalue weighted by Gasteiger charge is -2.29. The normalized spacial score (nSPS) is 13.2. The highest BCUT2D eigenvalue weighted by Crippen LogP contribution is 2.23. The minimum Gasteiger partial charge on any atom is -0.351 e. The number of para-hydroxylation sites is 1. The second-order valence-corrected chi connectivity index (χ2v) is 6.54. The molecule has 3 aromatic rings. The first-order chi connectivity index (χ1) is 12.7. The molecule has 2 aromatic carbocycles. The summed E-state index contributed by atoms with van der Waals surface area (Å²) in [7, 11) is 0. The SMILES string of the molecule is O=C(Nc1ccccc1Cl)c1cnc(N2CCc3ccccc3C2)cn1. The number of benzene rings is 2. The first-order valence-corrected chi connectivity index (χ1v) is 8.78. The maximum atomic E-state index is 12.3. The van der Waals surface area contributed by atoms with Gasteiger partial charge in [-0.15, -0.1) is 0 Å². The summed E-state index contributed by atoms with van der Waals surface area (Å²) in [5.74, 6) is 0.440. The van der Waals surface area contributed by atoms with Crippen LogP contribution in [-0.2, 0) is 13.0 Å². The molecule has 26 heavy (non-hydrogen) atoms. The summed E-state index contributed by atoms with van der Waals surface area (Å²) in [5.41, 5.74) is 3.50. The summed E-state index contributed by atoms with van der Waals surface area (Å²) in [6.45, 7) is 1.69. The van der Waals surface area contributed by atoms with Gasteiger partial charge in [0, 0.05) is 13.1 Å². The van der Waals surface area contributed by atoms with Gasteiger partial charge in [-0.05, 0) is 29.7 Å². The molecule has 0 radical (unpaired) electrons. The Morgan fingerprint density at radius 1 is 1.00 bits per heavy atom. The van der Waals surface area contributed by atoms with Crippen molar-refractivity contribution in [3.63, 3.8) is 0 Å². The molecule has 6 heteroatoms. The number of hydrogen-bond donors (Lipinski definition) is 1. The van der Waals surface area contributed by atoms with Gasteiger partial charge in [0.1, 0.15) is 11.5 Å². The van der Waals surface area contributed by atoms with Crippen molar-refractivity contribution in [3.05, 3.63) is 82.8 Å². The molecule has 130 valence electrons. The molecular formula is C20H17ClN4O. The summed E-state index contributed by atoms with van der Waals surface area (Å²) < 4.78 is 0. The molecule has 1 N–H and O–H groups in total. The number of carbonyl (C=O) groups excluding carboxylic acids is 1. The van der Waals surface area contributed by atoms with E-state index in [1.165, 1.54) is 17.3 Å². The van der Waals surface area contributed by atoms with Crippen molar-refractivity contribution in [2.75, 3.05) is 16.8 Å². The minimum absolute atomic E-state index is 0.256. The van der Waals surface area contributed by atoms with Gasteiger partial charge in [-0.25, -0.2) is 9.97 Å². The van der Waals surface area contributed by atoms with Crippen molar-refractivity contribution in [2.24, 2.45) is 0 Å². The lowest BCUT2D eigenvalue weighted by Crippen LogP contribution is -2.31. The average Bonchev–Trinajstić information content (AvgIpc) is 2.69. The number of hydrogen-bond acceptors (Lipinski definition) is 4. The summed E-state index contributed by atoms with van der Waals surface area (Å²) in [6, 6.07) is 15.5. The highest BCUT2D eigenvalue weighted by Gasteiger charge is 2.18. The molecule has 1 aromatic heterocycles. The lowest BCUT2D eigenvalue weighted by molar-refractivity contribution is 0.102. The first kappa shape index (κ1) is 16.5. The van der Waals surface area contributed by atoms with Crippen molar-refractivity contribution in [1.82, 2.24) is 9.97 Å². The Balaban J connectivity index is 1.47. The molecule has 1 amide bonds. The molecule has 2 heterocycles. The smallest absolute Gasteiger partial charge is 0.275 e. The lowest BCUT2D eigenvalue weighted by atomic mass is 10.0. The van der Waals surface area contributed by atoms with E-state index in [1.54, 1.807) is 18.3 Å². The van der Waals surface area contributed by atoms with E-state index < -0.39 is 0 Å². The Hall–Kier alpha value is -2.92. The summed E-state index contributed by atoms with van der Waals surface area (Å²) >= 11 is 6.07. The molecule has 1 aliphatic heterocycles. The van der Waals surface area contributed by atoms with Gasteiger partial charge in [0.15, 0.2) is 0 Å². The zero-order valence-corrected chi connectivity index (χ0v) is 14.8. The van der Waals surface area contributed by atoms with E-state index in [4.69, 9.17) is 11.6 Å². The third-order valence-electron chi connectivity index (χ3n) is 4.45. The molecule has 4 rings (SSSR count). The number of aromatic nitrogens is 2. The van der Waals surface area contributed by atoms with Crippen molar-refractivity contribution in [2.45, 2.75) is 13.0 Å².